The van der Waals surface area contributed by atoms with Crippen molar-refractivity contribution in [2.75, 3.05) is 10.7 Å². The quantitative estimate of drug-likeness (QED) is 0.471. The summed E-state index contributed by atoms with van der Waals surface area (Å²) >= 11 is 0. The summed E-state index contributed by atoms with van der Waals surface area (Å²) in [6.45, 7) is 3.50. The summed E-state index contributed by atoms with van der Waals surface area (Å²) in [5.41, 5.74) is 0.580. The van der Waals surface area contributed by atoms with Crippen LogP contribution < -0.4 is 34.5 Å². The zero-order valence-electron chi connectivity index (χ0n) is 10.7. The first kappa shape index (κ1) is 17.6. The first-order valence-corrected chi connectivity index (χ1v) is 6.69. The van der Waals surface area contributed by atoms with Crippen LogP contribution in [0.15, 0.2) is 30.3 Å². The van der Waals surface area contributed by atoms with Gasteiger partial charge in [-0.25, -0.2) is 8.42 Å². The minimum atomic E-state index is -4.55. The van der Waals surface area contributed by atoms with Gasteiger partial charge in [-0.2, -0.15) is 0 Å². The van der Waals surface area contributed by atoms with Crippen molar-refractivity contribution < 1.29 is 47.3 Å². The number of carbonyl (C=O) groups is 1. The van der Waals surface area contributed by atoms with Crippen molar-refractivity contribution in [2.45, 2.75) is 19.9 Å². The van der Waals surface area contributed by atoms with Gasteiger partial charge < -0.3 is 9.45 Å². The van der Waals surface area contributed by atoms with E-state index in [1.807, 2.05) is 0 Å². The number of carbonyl (C=O) groups excluding carboxylic acids is 1. The molecule has 0 atom stereocenters. The van der Waals surface area contributed by atoms with Crippen molar-refractivity contribution in [1.29, 1.82) is 0 Å². The van der Waals surface area contributed by atoms with Gasteiger partial charge in [0.2, 0.25) is 5.91 Å². The van der Waals surface area contributed by atoms with Crippen molar-refractivity contribution in [3.8, 4) is 0 Å². The zero-order valence-corrected chi connectivity index (χ0v) is 13.5. The second-order valence-corrected chi connectivity index (χ2v) is 5.30. The Labute approximate surface area is 129 Å². The van der Waals surface area contributed by atoms with Crippen molar-refractivity contribution in [3.63, 3.8) is 0 Å². The summed E-state index contributed by atoms with van der Waals surface area (Å²) in [5, 5.41) is 0. The third kappa shape index (κ3) is 5.49. The number of hydrogen-bond donors (Lipinski definition) is 0. The van der Waals surface area contributed by atoms with Gasteiger partial charge in [0, 0.05) is 11.7 Å². The summed E-state index contributed by atoms with van der Waals surface area (Å²) < 4.78 is 31.8. The third-order valence-electron chi connectivity index (χ3n) is 2.12. The van der Waals surface area contributed by atoms with Crippen LogP contribution >= 0.6 is 0 Å². The third-order valence-corrected chi connectivity index (χ3v) is 2.72. The average molecular weight is 279 g/mol. The van der Waals surface area contributed by atoms with E-state index >= 15 is 0 Å². The van der Waals surface area contributed by atoms with Crippen LogP contribution in [0.5, 0.6) is 0 Å². The maximum Gasteiger partial charge on any atom is 1.00 e. The van der Waals surface area contributed by atoms with Gasteiger partial charge in [-0.15, -0.1) is 0 Å². The Kier molecular flexibility index (Phi) is 7.09. The fraction of sp³-hybridized carbons (Fsp3) is 0.364. The average Bonchev–Trinajstić information content (AvgIpc) is 2.15. The van der Waals surface area contributed by atoms with E-state index in [1.165, 1.54) is 4.90 Å². The van der Waals surface area contributed by atoms with Crippen LogP contribution in [0.3, 0.4) is 0 Å². The number of benzene rings is 1. The van der Waals surface area contributed by atoms with Crippen LogP contribution in [0.1, 0.15) is 13.8 Å². The molecule has 0 aromatic heterocycles. The van der Waals surface area contributed by atoms with Gasteiger partial charge in [-0.05, 0) is 26.0 Å². The van der Waals surface area contributed by atoms with Gasteiger partial charge in [0.1, 0.15) is 15.9 Å². The molecule has 0 aliphatic rings. The topological polar surface area (TPSA) is 77.5 Å². The fourth-order valence-corrected chi connectivity index (χ4v) is 1.98. The van der Waals surface area contributed by atoms with Crippen LogP contribution in [0.25, 0.3) is 0 Å². The molecule has 7 heteroatoms. The molecular weight excluding hydrogens is 265 g/mol. The standard InChI is InChI=1S/C11H15NO4S.Na/c1-9(2)12(10-6-4-3-5-7-10)11(13)8-17(14,15)16;/h3-7,9H,8H2,1-2H3,(H,14,15,16);/q;+1/p-1. The summed E-state index contributed by atoms with van der Waals surface area (Å²) in [6, 6.07) is 8.43. The van der Waals surface area contributed by atoms with E-state index in [-0.39, 0.29) is 35.6 Å². The van der Waals surface area contributed by atoms with E-state index in [4.69, 9.17) is 0 Å². The number of para-hydroxylation sites is 1. The summed E-state index contributed by atoms with van der Waals surface area (Å²) in [4.78, 5) is 13.0. The maximum absolute atomic E-state index is 11.7. The largest absolute Gasteiger partial charge is 1.00 e. The molecule has 0 heterocycles. The molecule has 0 aliphatic heterocycles. The Hall–Kier alpha value is -0.400. The minimum absolute atomic E-state index is 0. The molecule has 5 nitrogen and oxygen atoms in total. The minimum Gasteiger partial charge on any atom is -0.748 e. The maximum atomic E-state index is 11.7. The number of rotatable bonds is 4. The molecule has 0 fully saturated rings. The number of amides is 1. The van der Waals surface area contributed by atoms with Gasteiger partial charge in [-0.1, -0.05) is 18.2 Å². The Morgan fingerprint density at radius 3 is 2.17 bits per heavy atom. The smallest absolute Gasteiger partial charge is 0.748 e. The molecule has 0 unspecified atom stereocenters. The number of hydrogen-bond acceptors (Lipinski definition) is 4. The van der Waals surface area contributed by atoms with E-state index in [9.17, 15) is 17.8 Å². The van der Waals surface area contributed by atoms with E-state index < -0.39 is 21.8 Å². The molecule has 0 spiro atoms. The van der Waals surface area contributed by atoms with Crippen LogP contribution in [0.4, 0.5) is 5.69 Å². The molecule has 1 rings (SSSR count). The first-order chi connectivity index (χ1) is 7.81. The molecule has 0 saturated carbocycles. The Morgan fingerprint density at radius 2 is 1.78 bits per heavy atom. The van der Waals surface area contributed by atoms with Crippen LogP contribution in [-0.2, 0) is 14.9 Å². The molecule has 0 radical (unpaired) electrons. The van der Waals surface area contributed by atoms with E-state index in [2.05, 4.69) is 0 Å². The predicted molar refractivity (Wildman–Crippen MR) is 63.6 cm³/mol. The normalized spacial score (nSPS) is 10.9. The monoisotopic (exact) mass is 279 g/mol. The zero-order chi connectivity index (χ0) is 13.1. The Morgan fingerprint density at radius 1 is 1.28 bits per heavy atom. The van der Waals surface area contributed by atoms with E-state index in [0.29, 0.717) is 5.69 Å². The SMILES string of the molecule is CC(C)N(C(=O)CS(=O)(=O)[O-])c1ccccc1.[Na+]. The second kappa shape index (κ2) is 7.25. The molecule has 1 aromatic carbocycles. The van der Waals surface area contributed by atoms with E-state index in [1.54, 1.807) is 44.2 Å². The number of nitrogens with zero attached hydrogens (tertiary/aromatic N) is 1. The molecule has 18 heavy (non-hydrogen) atoms. The van der Waals surface area contributed by atoms with Crippen LogP contribution in [0.2, 0.25) is 0 Å². The summed E-state index contributed by atoms with van der Waals surface area (Å²) in [6.07, 6.45) is 0. The Bertz CT molecular complexity index is 487. The van der Waals surface area contributed by atoms with Gasteiger partial charge >= 0.3 is 29.6 Å². The first-order valence-electron chi connectivity index (χ1n) is 5.12. The molecule has 0 saturated heterocycles. The molecule has 1 amide bonds. The molecule has 1 aromatic rings. The van der Waals surface area contributed by atoms with Gasteiger partial charge in [0.25, 0.3) is 0 Å². The second-order valence-electron chi connectivity index (χ2n) is 3.90. The van der Waals surface area contributed by atoms with Crippen molar-refractivity contribution in [2.24, 2.45) is 0 Å². The van der Waals surface area contributed by atoms with Gasteiger partial charge in [0.15, 0.2) is 0 Å². The molecule has 0 aliphatic carbocycles. The molecule has 94 valence electrons. The summed E-state index contributed by atoms with van der Waals surface area (Å²) in [5.74, 6) is -1.72. The van der Waals surface area contributed by atoms with Gasteiger partial charge in [-0.3, -0.25) is 4.79 Å². The van der Waals surface area contributed by atoms with Gasteiger partial charge in [0.05, 0.1) is 0 Å². The fourth-order valence-electron chi connectivity index (χ4n) is 1.54. The number of anilines is 1. The summed E-state index contributed by atoms with van der Waals surface area (Å²) in [7, 11) is -4.55. The van der Waals surface area contributed by atoms with Crippen molar-refractivity contribution >= 4 is 21.7 Å². The molecule has 0 bridgehead atoms. The Balaban J connectivity index is 0.00000289. The van der Waals surface area contributed by atoms with Crippen molar-refractivity contribution in [3.05, 3.63) is 30.3 Å². The van der Waals surface area contributed by atoms with Crippen LogP contribution in [-0.4, -0.2) is 30.7 Å². The van der Waals surface area contributed by atoms with Crippen LogP contribution in [0, 0.1) is 0 Å². The van der Waals surface area contributed by atoms with E-state index in [0.717, 1.165) is 0 Å². The van der Waals surface area contributed by atoms with Crippen molar-refractivity contribution in [1.82, 2.24) is 0 Å². The molecule has 0 N–H and O–H groups in total. The molecular formula is C11H14NNaO4S. The predicted octanol–water partition coefficient (Wildman–Crippen LogP) is -2.02.